The van der Waals surface area contributed by atoms with Crippen LogP contribution in [0.25, 0.3) is 0 Å². The molecule has 0 aliphatic carbocycles. The smallest absolute Gasteiger partial charge is 0.267 e. The van der Waals surface area contributed by atoms with Gasteiger partial charge in [-0.1, -0.05) is 29.8 Å². The Kier molecular flexibility index (Phi) is 9.63. The van der Waals surface area contributed by atoms with Crippen molar-refractivity contribution in [2.24, 2.45) is 0 Å². The summed E-state index contributed by atoms with van der Waals surface area (Å²) in [6, 6.07) is 8.74. The van der Waals surface area contributed by atoms with Crippen molar-refractivity contribution >= 4 is 50.5 Å². The van der Waals surface area contributed by atoms with Crippen LogP contribution in [0.15, 0.2) is 48.7 Å². The third-order valence-electron chi connectivity index (χ3n) is 5.25. The predicted molar refractivity (Wildman–Crippen MR) is 140 cm³/mol. The van der Waals surface area contributed by atoms with Gasteiger partial charge in [-0.2, -0.15) is 0 Å². The van der Waals surface area contributed by atoms with Crippen LogP contribution >= 0.6 is 23.2 Å². The maximum Gasteiger partial charge on any atom is 0.267 e. The Balaban J connectivity index is 1.47. The van der Waals surface area contributed by atoms with Gasteiger partial charge in [0, 0.05) is 42.6 Å². The molecule has 1 aliphatic rings. The van der Waals surface area contributed by atoms with E-state index in [0.29, 0.717) is 22.2 Å². The zero-order valence-corrected chi connectivity index (χ0v) is 22.3. The van der Waals surface area contributed by atoms with Crippen molar-refractivity contribution in [1.82, 2.24) is 10.6 Å². The number of sulfone groups is 1. The minimum atomic E-state index is -3.23. The van der Waals surface area contributed by atoms with Crippen LogP contribution in [-0.2, 0) is 19.4 Å². The second-order valence-corrected chi connectivity index (χ2v) is 11.5. The standard InChI is InChI=1S/C24H26Cl2FN3O6S/c1-15(7-8-28-23(31)14-35-17-4-5-18(26)19(27)12-17)29-24(32)22-13-30(9-10-37(2,33)34)20-11-16(25)3-6-21(20)36-22/h3-6,11-12,22H,1,7-10,13-14H2,2H3,(H,28,31)(H,29,32). The Hall–Kier alpha value is -3.02. The third-order valence-corrected chi connectivity index (χ3v) is 6.72. The SMILES string of the molecule is C=C(CCNC(=O)COc1ccc(Cl)c(F)c1)NC(=O)C1CN(CCS(C)(=O)=O)c2cc(Cl)ccc2O1. The van der Waals surface area contributed by atoms with E-state index in [2.05, 4.69) is 17.2 Å². The fourth-order valence-corrected chi connectivity index (χ4v) is 4.22. The molecule has 37 heavy (non-hydrogen) atoms. The summed E-state index contributed by atoms with van der Waals surface area (Å²) in [5.41, 5.74) is 0.949. The highest BCUT2D eigenvalue weighted by Gasteiger charge is 2.31. The number of rotatable bonds is 11. The highest BCUT2D eigenvalue weighted by atomic mass is 35.5. The number of ether oxygens (including phenoxy) is 2. The van der Waals surface area contributed by atoms with Gasteiger partial charge in [0.1, 0.15) is 27.2 Å². The summed E-state index contributed by atoms with van der Waals surface area (Å²) >= 11 is 11.7. The number of halogens is 3. The van der Waals surface area contributed by atoms with Crippen LogP contribution in [0.5, 0.6) is 11.5 Å². The molecular weight excluding hydrogens is 548 g/mol. The molecular formula is C24H26Cl2FN3O6S. The van der Waals surface area contributed by atoms with Gasteiger partial charge in [0.15, 0.2) is 12.7 Å². The van der Waals surface area contributed by atoms with E-state index in [-0.39, 0.29) is 49.2 Å². The van der Waals surface area contributed by atoms with Gasteiger partial charge >= 0.3 is 0 Å². The summed E-state index contributed by atoms with van der Waals surface area (Å²) in [5.74, 6) is -1.09. The first kappa shape index (κ1) is 28.5. The Morgan fingerprint density at radius 2 is 2.00 bits per heavy atom. The summed E-state index contributed by atoms with van der Waals surface area (Å²) in [6.07, 6.45) is 0.458. The predicted octanol–water partition coefficient (Wildman–Crippen LogP) is 2.96. The van der Waals surface area contributed by atoms with E-state index in [1.54, 1.807) is 23.1 Å². The van der Waals surface area contributed by atoms with E-state index in [1.807, 2.05) is 0 Å². The Morgan fingerprint density at radius 1 is 1.24 bits per heavy atom. The molecule has 0 spiro atoms. The van der Waals surface area contributed by atoms with Crippen LogP contribution in [0.1, 0.15) is 6.42 Å². The maximum absolute atomic E-state index is 13.4. The number of hydrogen-bond acceptors (Lipinski definition) is 7. The fraction of sp³-hybridized carbons (Fsp3) is 0.333. The van der Waals surface area contributed by atoms with Gasteiger partial charge in [0.2, 0.25) is 0 Å². The lowest BCUT2D eigenvalue weighted by molar-refractivity contribution is -0.127. The van der Waals surface area contributed by atoms with Gasteiger partial charge in [-0.05, 0) is 30.3 Å². The minimum absolute atomic E-state index is 0.0498. The average molecular weight is 574 g/mol. The molecule has 200 valence electrons. The largest absolute Gasteiger partial charge is 0.484 e. The second kappa shape index (κ2) is 12.5. The summed E-state index contributed by atoms with van der Waals surface area (Å²) in [6.45, 7) is 3.92. The van der Waals surface area contributed by atoms with Gasteiger partial charge in [0.25, 0.3) is 11.8 Å². The van der Waals surface area contributed by atoms with Crippen molar-refractivity contribution in [3.8, 4) is 11.5 Å². The lowest BCUT2D eigenvalue weighted by atomic mass is 10.1. The molecule has 2 amide bonds. The maximum atomic E-state index is 13.4. The highest BCUT2D eigenvalue weighted by Crippen LogP contribution is 2.35. The molecule has 13 heteroatoms. The van der Waals surface area contributed by atoms with Crippen LogP contribution < -0.4 is 25.0 Å². The number of amides is 2. The van der Waals surface area contributed by atoms with Crippen LogP contribution in [0.2, 0.25) is 10.0 Å². The summed E-state index contributed by atoms with van der Waals surface area (Å²) < 4.78 is 47.8. The Morgan fingerprint density at radius 3 is 2.70 bits per heavy atom. The first-order valence-electron chi connectivity index (χ1n) is 11.1. The number of hydrogen-bond donors (Lipinski definition) is 2. The van der Waals surface area contributed by atoms with Crippen molar-refractivity contribution in [2.75, 3.05) is 43.1 Å². The number of fused-ring (bicyclic) bond motifs is 1. The van der Waals surface area contributed by atoms with Gasteiger partial charge in [-0.15, -0.1) is 0 Å². The number of nitrogens with zero attached hydrogens (tertiary/aromatic N) is 1. The van der Waals surface area contributed by atoms with Crippen LogP contribution in [0.3, 0.4) is 0 Å². The molecule has 2 aromatic rings. The number of anilines is 1. The molecule has 0 aromatic heterocycles. The van der Waals surface area contributed by atoms with Gasteiger partial charge in [0.05, 0.1) is 23.0 Å². The van der Waals surface area contributed by atoms with Crippen LogP contribution in [0.4, 0.5) is 10.1 Å². The first-order valence-corrected chi connectivity index (χ1v) is 13.9. The van der Waals surface area contributed by atoms with Crippen LogP contribution in [0, 0.1) is 5.82 Å². The van der Waals surface area contributed by atoms with E-state index in [9.17, 15) is 22.4 Å². The molecule has 1 heterocycles. The molecule has 3 rings (SSSR count). The van der Waals surface area contributed by atoms with Gasteiger partial charge in [-0.25, -0.2) is 12.8 Å². The molecule has 1 aliphatic heterocycles. The topological polar surface area (TPSA) is 114 Å². The number of nitrogens with one attached hydrogen (secondary N) is 2. The second-order valence-electron chi connectivity index (χ2n) is 8.35. The molecule has 0 saturated heterocycles. The third kappa shape index (κ3) is 8.80. The fourth-order valence-electron chi connectivity index (χ4n) is 3.39. The first-order chi connectivity index (χ1) is 17.4. The Labute approximate surface area is 224 Å². The highest BCUT2D eigenvalue weighted by molar-refractivity contribution is 7.90. The lowest BCUT2D eigenvalue weighted by Gasteiger charge is -2.35. The van der Waals surface area contributed by atoms with E-state index in [1.165, 1.54) is 12.1 Å². The van der Waals surface area contributed by atoms with E-state index in [0.717, 1.165) is 12.3 Å². The zero-order chi connectivity index (χ0) is 27.2. The normalized spacial score (nSPS) is 14.8. The van der Waals surface area contributed by atoms with E-state index >= 15 is 0 Å². The van der Waals surface area contributed by atoms with Crippen molar-refractivity contribution in [1.29, 1.82) is 0 Å². The van der Waals surface area contributed by atoms with E-state index < -0.39 is 33.6 Å². The zero-order valence-electron chi connectivity index (χ0n) is 19.9. The molecule has 0 saturated carbocycles. The van der Waals surface area contributed by atoms with Crippen LogP contribution in [-0.4, -0.2) is 64.6 Å². The summed E-state index contributed by atoms with van der Waals surface area (Å²) in [5, 5.41) is 5.68. The average Bonchev–Trinajstić information content (AvgIpc) is 2.82. The van der Waals surface area contributed by atoms with Crippen molar-refractivity contribution in [3.63, 3.8) is 0 Å². The molecule has 2 aromatic carbocycles. The van der Waals surface area contributed by atoms with Gasteiger partial charge in [-0.3, -0.25) is 9.59 Å². The Bertz CT molecular complexity index is 1290. The quantitative estimate of drug-likeness (QED) is 0.424. The number of carbonyl (C=O) groups excluding carboxylic acids is 2. The number of carbonyl (C=O) groups is 2. The molecule has 0 radical (unpaired) electrons. The van der Waals surface area contributed by atoms with Crippen molar-refractivity contribution in [2.45, 2.75) is 12.5 Å². The molecule has 1 atom stereocenters. The molecule has 9 nitrogen and oxygen atoms in total. The number of benzene rings is 2. The van der Waals surface area contributed by atoms with Crippen molar-refractivity contribution in [3.05, 3.63) is 64.5 Å². The molecule has 0 fully saturated rings. The lowest BCUT2D eigenvalue weighted by Crippen LogP contribution is -2.49. The summed E-state index contributed by atoms with van der Waals surface area (Å²) in [7, 11) is -3.23. The molecule has 1 unspecified atom stereocenters. The summed E-state index contributed by atoms with van der Waals surface area (Å²) in [4.78, 5) is 26.5. The molecule has 0 bridgehead atoms. The van der Waals surface area contributed by atoms with Gasteiger partial charge < -0.3 is 25.0 Å². The van der Waals surface area contributed by atoms with E-state index in [4.69, 9.17) is 32.7 Å². The molecule has 2 N–H and O–H groups in total. The van der Waals surface area contributed by atoms with Crippen molar-refractivity contribution < 1.29 is 31.9 Å². The monoisotopic (exact) mass is 573 g/mol. The minimum Gasteiger partial charge on any atom is -0.484 e.